The van der Waals surface area contributed by atoms with Crippen LogP contribution in [0.3, 0.4) is 0 Å². The quantitative estimate of drug-likeness (QED) is 0.147. The van der Waals surface area contributed by atoms with E-state index in [1.165, 1.54) is 0 Å². The van der Waals surface area contributed by atoms with Crippen LogP contribution in [0.5, 0.6) is 0 Å². The van der Waals surface area contributed by atoms with E-state index in [-0.39, 0.29) is 35.9 Å². The van der Waals surface area contributed by atoms with Crippen LogP contribution in [0.4, 0.5) is 11.4 Å². The van der Waals surface area contributed by atoms with Gasteiger partial charge < -0.3 is 36.2 Å². The lowest BCUT2D eigenvalue weighted by molar-refractivity contribution is -0.109. The molecule has 10 heteroatoms. The minimum atomic E-state index is -1.25. The van der Waals surface area contributed by atoms with Crippen molar-refractivity contribution in [3.8, 4) is 0 Å². The van der Waals surface area contributed by atoms with Crippen molar-refractivity contribution in [1.82, 2.24) is 5.32 Å². The molecule has 4 aromatic carbocycles. The molecule has 1 aliphatic carbocycles. The van der Waals surface area contributed by atoms with E-state index in [0.717, 1.165) is 16.2 Å². The monoisotopic (exact) mass is 554 g/mol. The number of carbonyl (C=O) groups is 1. The highest BCUT2D eigenvalue weighted by Gasteiger charge is 2.37. The number of benzene rings is 4. The first-order valence-electron chi connectivity index (χ1n) is 13.2. The van der Waals surface area contributed by atoms with E-state index >= 15 is 0 Å². The van der Waals surface area contributed by atoms with Gasteiger partial charge in [0.25, 0.3) is 0 Å². The number of rotatable bonds is 8. The number of aliphatic hydroxyl groups excluding tert-OH is 5. The first-order valence-corrected chi connectivity index (χ1v) is 13.2. The Balaban J connectivity index is 1.52. The van der Waals surface area contributed by atoms with Crippen molar-refractivity contribution in [2.75, 3.05) is 44.1 Å². The lowest BCUT2D eigenvalue weighted by atomic mass is 9.80. The second-order valence-electron chi connectivity index (χ2n) is 10.4. The van der Waals surface area contributed by atoms with Crippen LogP contribution in [-0.2, 0) is 4.79 Å². The van der Waals surface area contributed by atoms with Gasteiger partial charge in [0.05, 0.1) is 42.9 Å². The Hall–Kier alpha value is -4.32. The van der Waals surface area contributed by atoms with E-state index in [1.54, 1.807) is 37.4 Å². The van der Waals surface area contributed by atoms with Crippen LogP contribution < -0.4 is 26.5 Å². The van der Waals surface area contributed by atoms with Gasteiger partial charge in [0.1, 0.15) is 11.4 Å². The van der Waals surface area contributed by atoms with E-state index in [0.29, 0.717) is 32.9 Å². The summed E-state index contributed by atoms with van der Waals surface area (Å²) in [5.74, 6) is -0.414. The van der Waals surface area contributed by atoms with Crippen molar-refractivity contribution < 1.29 is 30.3 Å². The van der Waals surface area contributed by atoms with Crippen LogP contribution in [0.15, 0.2) is 77.5 Å². The molecule has 0 atom stereocenters. The normalized spacial score (nSPS) is 17.3. The number of aliphatic hydroxyl groups is 5. The molecule has 1 heterocycles. The number of Topliss-reactive ketones (excluding diaryl/α,β-unsaturated/α-hetero) is 1. The maximum Gasteiger partial charge on any atom is 0.201 e. The molecule has 10 nitrogen and oxygen atoms in total. The number of likely N-dealkylation sites (N-methyl/N-ethyl adjacent to an activating group) is 1. The average Bonchev–Trinajstić information content (AvgIpc) is 3.02. The average molecular weight is 555 g/mol. The summed E-state index contributed by atoms with van der Waals surface area (Å²) in [4.78, 5) is 18.3. The minimum Gasteiger partial charge on any atom is -0.506 e. The number of hydrogen-bond donors (Lipinski definition) is 8. The predicted octanol–water partition coefficient (Wildman–Crippen LogP) is 0.734. The fourth-order valence-electron chi connectivity index (χ4n) is 5.65. The number of hydrogen-bond acceptors (Lipinski definition) is 10. The van der Waals surface area contributed by atoms with Crippen molar-refractivity contribution in [1.29, 1.82) is 0 Å². The largest absolute Gasteiger partial charge is 0.506 e. The van der Waals surface area contributed by atoms with Gasteiger partial charge in [-0.05, 0) is 46.8 Å². The van der Waals surface area contributed by atoms with Crippen LogP contribution in [0.2, 0.25) is 0 Å². The number of nitrogens with one attached hydrogen (secondary N) is 3. The maximum atomic E-state index is 13.7. The van der Waals surface area contributed by atoms with Gasteiger partial charge in [-0.15, -0.1) is 0 Å². The summed E-state index contributed by atoms with van der Waals surface area (Å²) in [6.45, 7) is -1.53. The van der Waals surface area contributed by atoms with Crippen molar-refractivity contribution in [3.63, 3.8) is 0 Å². The standard InChI is InChI=1S/C31H30N4O6/c1-32-30(13-36,14-37)33-22-11-9-20(17-5-2-3-6-18(17)22)26-28(40)27(29(26)41)21-10-12-24-25-19(21)7-4-8-23(25)34-31(15-38,16-39)35-24/h2-12,32-34,36-40H,13-16H2,1H3. The van der Waals surface area contributed by atoms with Gasteiger partial charge in [0.15, 0.2) is 5.66 Å². The topological polar surface area (TPSA) is 167 Å². The SMILES string of the molecule is CNC(CO)(CO)Nc1ccc(C2=C(O)C(=c3ccc4c5c(cccc35)NC(CO)(CO)N=4)C2=O)c2ccccc12. The fraction of sp³-hybridized carbons (Fsp3) is 0.226. The van der Waals surface area contributed by atoms with Crippen LogP contribution >= 0.6 is 0 Å². The maximum absolute atomic E-state index is 13.7. The molecule has 2 aliphatic rings. The summed E-state index contributed by atoms with van der Waals surface area (Å²) in [7, 11) is 1.63. The number of anilines is 2. The summed E-state index contributed by atoms with van der Waals surface area (Å²) >= 11 is 0. The molecule has 6 rings (SSSR count). The van der Waals surface area contributed by atoms with Crippen molar-refractivity contribution in [2.45, 2.75) is 11.3 Å². The van der Waals surface area contributed by atoms with Crippen molar-refractivity contribution in [3.05, 3.63) is 88.6 Å². The van der Waals surface area contributed by atoms with Crippen LogP contribution in [0.25, 0.3) is 32.7 Å². The molecule has 210 valence electrons. The fourth-order valence-corrected chi connectivity index (χ4v) is 5.65. The Morgan fingerprint density at radius 2 is 1.56 bits per heavy atom. The third-order valence-electron chi connectivity index (χ3n) is 8.03. The molecule has 0 saturated heterocycles. The molecule has 4 aromatic rings. The number of nitrogens with zero attached hydrogens (tertiary/aromatic N) is 1. The lowest BCUT2D eigenvalue weighted by Gasteiger charge is -2.32. The Morgan fingerprint density at radius 1 is 0.854 bits per heavy atom. The molecule has 0 saturated carbocycles. The second-order valence-corrected chi connectivity index (χ2v) is 10.4. The number of allylic oxidation sites excluding steroid dienone is 2. The number of carbonyl (C=O) groups excluding carboxylic acids is 1. The first kappa shape index (κ1) is 26.9. The lowest BCUT2D eigenvalue weighted by Crippen LogP contribution is -2.56. The molecule has 0 radical (unpaired) electrons. The van der Waals surface area contributed by atoms with Gasteiger partial charge in [-0.25, -0.2) is 0 Å². The van der Waals surface area contributed by atoms with E-state index in [2.05, 4.69) is 20.9 Å². The third-order valence-corrected chi connectivity index (χ3v) is 8.03. The number of ketones is 1. The van der Waals surface area contributed by atoms with E-state index in [1.807, 2.05) is 36.4 Å². The predicted molar refractivity (Wildman–Crippen MR) is 157 cm³/mol. The summed E-state index contributed by atoms with van der Waals surface area (Å²) in [6, 6.07) is 19.8. The van der Waals surface area contributed by atoms with E-state index in [9.17, 15) is 30.3 Å². The van der Waals surface area contributed by atoms with E-state index < -0.39 is 24.5 Å². The highest BCUT2D eigenvalue weighted by molar-refractivity contribution is 6.52. The van der Waals surface area contributed by atoms with Crippen molar-refractivity contribution in [2.24, 2.45) is 4.99 Å². The first-order chi connectivity index (χ1) is 19.8. The summed E-state index contributed by atoms with van der Waals surface area (Å²) in [5.41, 5.74) is -0.134. The molecule has 0 bridgehead atoms. The van der Waals surface area contributed by atoms with Gasteiger partial charge in [-0.1, -0.05) is 48.5 Å². The summed E-state index contributed by atoms with van der Waals surface area (Å²) in [6.07, 6.45) is 0. The molecular weight excluding hydrogens is 524 g/mol. The minimum absolute atomic E-state index is 0.113. The Bertz CT molecular complexity index is 1870. The van der Waals surface area contributed by atoms with Crippen LogP contribution in [0.1, 0.15) is 5.56 Å². The summed E-state index contributed by atoms with van der Waals surface area (Å²) in [5, 5.41) is 64.1. The third kappa shape index (κ3) is 3.99. The molecule has 41 heavy (non-hydrogen) atoms. The van der Waals surface area contributed by atoms with Gasteiger partial charge in [-0.2, -0.15) is 0 Å². The molecule has 8 N–H and O–H groups in total. The molecule has 0 spiro atoms. The van der Waals surface area contributed by atoms with Gasteiger partial charge in [0, 0.05) is 22.1 Å². The second kappa shape index (κ2) is 9.95. The molecule has 1 aliphatic heterocycles. The van der Waals surface area contributed by atoms with Crippen molar-refractivity contribution >= 4 is 49.8 Å². The Morgan fingerprint density at radius 3 is 2.22 bits per heavy atom. The molecular formula is C31H30N4O6. The molecule has 0 fully saturated rings. The Kier molecular flexibility index (Phi) is 6.52. The van der Waals surface area contributed by atoms with Gasteiger partial charge in [0.2, 0.25) is 5.78 Å². The molecule has 0 aromatic heterocycles. The van der Waals surface area contributed by atoms with E-state index in [4.69, 9.17) is 0 Å². The highest BCUT2D eigenvalue weighted by Crippen LogP contribution is 2.41. The zero-order valence-corrected chi connectivity index (χ0v) is 22.3. The van der Waals surface area contributed by atoms with Gasteiger partial charge >= 0.3 is 0 Å². The smallest absolute Gasteiger partial charge is 0.201 e. The number of fused-ring (bicyclic) bond motifs is 1. The van der Waals surface area contributed by atoms with Gasteiger partial charge in [-0.3, -0.25) is 15.1 Å². The zero-order chi connectivity index (χ0) is 28.9. The zero-order valence-electron chi connectivity index (χ0n) is 22.3. The molecule has 0 amide bonds. The highest BCUT2D eigenvalue weighted by atomic mass is 16.3. The van der Waals surface area contributed by atoms with Crippen LogP contribution in [0, 0.1) is 0 Å². The Labute approximate surface area is 234 Å². The summed E-state index contributed by atoms with van der Waals surface area (Å²) < 4.78 is 0. The molecule has 0 unspecified atom stereocenters. The van der Waals surface area contributed by atoms with Crippen LogP contribution in [-0.4, -0.2) is 76.1 Å².